The molecule has 0 heterocycles. The summed E-state index contributed by atoms with van der Waals surface area (Å²) in [5, 5.41) is 9.61. The Bertz CT molecular complexity index is 105. The van der Waals surface area contributed by atoms with E-state index in [2.05, 4.69) is 6.92 Å². The van der Waals surface area contributed by atoms with Crippen LogP contribution in [0.15, 0.2) is 0 Å². The van der Waals surface area contributed by atoms with E-state index in [0.29, 0.717) is 6.61 Å². The minimum atomic E-state index is -0.255. The summed E-state index contributed by atoms with van der Waals surface area (Å²) >= 11 is 0. The maximum absolute atomic E-state index is 9.61. The van der Waals surface area contributed by atoms with Gasteiger partial charge >= 0.3 is 0 Å². The Morgan fingerprint density at radius 1 is 1.25 bits per heavy atom. The van der Waals surface area contributed by atoms with Crippen LogP contribution in [0.3, 0.4) is 0 Å². The van der Waals surface area contributed by atoms with E-state index in [1.165, 1.54) is 0 Å². The summed E-state index contributed by atoms with van der Waals surface area (Å²) in [5.41, 5.74) is -0.0183. The van der Waals surface area contributed by atoms with Gasteiger partial charge in [0.2, 0.25) is 0 Å². The normalized spacial score (nSPS) is 14.8. The van der Waals surface area contributed by atoms with Gasteiger partial charge in [0.1, 0.15) is 0 Å². The van der Waals surface area contributed by atoms with Crippen LogP contribution in [0.25, 0.3) is 0 Å². The summed E-state index contributed by atoms with van der Waals surface area (Å²) in [6.45, 7) is 9.68. The molecule has 74 valence electrons. The molecule has 1 N–H and O–H groups in total. The van der Waals surface area contributed by atoms with Crippen molar-refractivity contribution in [2.45, 2.75) is 46.6 Å². The molecular formula is C10H22O2. The van der Waals surface area contributed by atoms with Gasteiger partial charge in [-0.15, -0.1) is 0 Å². The molecule has 0 radical (unpaired) electrons. The highest BCUT2D eigenvalue weighted by Gasteiger charge is 2.21. The average Bonchev–Trinajstić information content (AvgIpc) is 1.96. The highest BCUT2D eigenvalue weighted by atomic mass is 16.5. The highest BCUT2D eigenvalue weighted by Crippen LogP contribution is 2.21. The predicted octanol–water partition coefficient (Wildman–Crippen LogP) is 2.21. The van der Waals surface area contributed by atoms with Crippen LogP contribution < -0.4 is 0 Å². The molecule has 0 fully saturated rings. The van der Waals surface area contributed by atoms with Crippen molar-refractivity contribution in [3.8, 4) is 0 Å². The number of aliphatic hydroxyl groups excluding tert-OH is 1. The molecule has 2 nitrogen and oxygen atoms in total. The predicted molar refractivity (Wildman–Crippen MR) is 51.2 cm³/mol. The molecule has 1 atom stereocenters. The molecule has 0 amide bonds. The zero-order valence-corrected chi connectivity index (χ0v) is 8.76. The largest absolute Gasteiger partial charge is 0.392 e. The van der Waals surface area contributed by atoms with Crippen molar-refractivity contribution >= 4 is 0 Å². The fraction of sp³-hybridized carbons (Fsp3) is 1.00. The second kappa shape index (κ2) is 5.55. The van der Waals surface area contributed by atoms with Gasteiger partial charge in [0.15, 0.2) is 0 Å². The molecule has 0 aliphatic heterocycles. The standard InChI is InChI=1S/C10H22O2/c1-5-7-12-8-6-9(11)10(2,3)4/h9,11H,5-8H2,1-4H3. The van der Waals surface area contributed by atoms with Gasteiger partial charge in [-0.2, -0.15) is 0 Å². The van der Waals surface area contributed by atoms with Gasteiger partial charge in [-0.25, -0.2) is 0 Å². The van der Waals surface area contributed by atoms with Crippen LogP contribution in [0.1, 0.15) is 40.5 Å². The molecule has 0 rings (SSSR count). The third kappa shape index (κ3) is 5.56. The maximum Gasteiger partial charge on any atom is 0.0610 e. The Kier molecular flexibility index (Phi) is 5.51. The average molecular weight is 174 g/mol. The van der Waals surface area contributed by atoms with E-state index in [-0.39, 0.29) is 11.5 Å². The van der Waals surface area contributed by atoms with Gasteiger partial charge < -0.3 is 9.84 Å². The lowest BCUT2D eigenvalue weighted by Gasteiger charge is -2.25. The van der Waals surface area contributed by atoms with E-state index in [4.69, 9.17) is 4.74 Å². The SMILES string of the molecule is CCCOCCC(O)C(C)(C)C. The summed E-state index contributed by atoms with van der Waals surface area (Å²) in [4.78, 5) is 0. The molecule has 0 saturated carbocycles. The molecule has 0 aromatic carbocycles. The number of hydrogen-bond donors (Lipinski definition) is 1. The first-order valence-corrected chi connectivity index (χ1v) is 4.74. The number of ether oxygens (including phenoxy) is 1. The van der Waals surface area contributed by atoms with E-state index in [1.807, 2.05) is 20.8 Å². The number of rotatable bonds is 5. The van der Waals surface area contributed by atoms with Crippen LogP contribution >= 0.6 is 0 Å². The second-order valence-electron chi connectivity index (χ2n) is 4.28. The molecule has 0 aliphatic carbocycles. The summed E-state index contributed by atoms with van der Waals surface area (Å²) in [6.07, 6.45) is 1.53. The lowest BCUT2D eigenvalue weighted by molar-refractivity contribution is 0.0226. The van der Waals surface area contributed by atoms with Crippen molar-refractivity contribution in [2.24, 2.45) is 5.41 Å². The van der Waals surface area contributed by atoms with Crippen molar-refractivity contribution in [3.63, 3.8) is 0 Å². The van der Waals surface area contributed by atoms with Crippen LogP contribution in [0.4, 0.5) is 0 Å². The fourth-order valence-electron chi connectivity index (χ4n) is 0.874. The Labute approximate surface area is 75.9 Å². The molecule has 0 aliphatic rings. The Morgan fingerprint density at radius 2 is 1.83 bits per heavy atom. The van der Waals surface area contributed by atoms with Gasteiger partial charge in [0.05, 0.1) is 6.10 Å². The zero-order chi connectivity index (χ0) is 9.61. The second-order valence-corrected chi connectivity index (χ2v) is 4.28. The van der Waals surface area contributed by atoms with Crippen LogP contribution in [0.5, 0.6) is 0 Å². The lowest BCUT2D eigenvalue weighted by atomic mass is 9.87. The molecule has 0 bridgehead atoms. The van der Waals surface area contributed by atoms with E-state index < -0.39 is 0 Å². The molecule has 0 saturated heterocycles. The fourth-order valence-corrected chi connectivity index (χ4v) is 0.874. The van der Waals surface area contributed by atoms with Gasteiger partial charge in [-0.1, -0.05) is 27.7 Å². The molecule has 2 heteroatoms. The van der Waals surface area contributed by atoms with Gasteiger partial charge in [0.25, 0.3) is 0 Å². The summed E-state index contributed by atoms with van der Waals surface area (Å²) in [7, 11) is 0. The van der Waals surface area contributed by atoms with E-state index >= 15 is 0 Å². The van der Waals surface area contributed by atoms with Crippen molar-refractivity contribution in [1.82, 2.24) is 0 Å². The van der Waals surface area contributed by atoms with Crippen LogP contribution in [-0.2, 0) is 4.74 Å². The number of aliphatic hydroxyl groups is 1. The third-order valence-corrected chi connectivity index (χ3v) is 1.88. The number of hydrogen-bond acceptors (Lipinski definition) is 2. The minimum absolute atomic E-state index is 0.0183. The summed E-state index contributed by atoms with van der Waals surface area (Å²) in [6, 6.07) is 0. The van der Waals surface area contributed by atoms with Crippen LogP contribution in [0, 0.1) is 5.41 Å². The third-order valence-electron chi connectivity index (χ3n) is 1.88. The van der Waals surface area contributed by atoms with Crippen LogP contribution in [-0.4, -0.2) is 24.4 Å². The molecule has 0 spiro atoms. The Balaban J connectivity index is 3.38. The van der Waals surface area contributed by atoms with E-state index in [0.717, 1.165) is 19.4 Å². The van der Waals surface area contributed by atoms with Crippen molar-refractivity contribution < 1.29 is 9.84 Å². The molecule has 0 aromatic rings. The monoisotopic (exact) mass is 174 g/mol. The molecular weight excluding hydrogens is 152 g/mol. The quantitative estimate of drug-likeness (QED) is 0.647. The summed E-state index contributed by atoms with van der Waals surface area (Å²) in [5.74, 6) is 0. The molecule has 12 heavy (non-hydrogen) atoms. The van der Waals surface area contributed by atoms with E-state index in [1.54, 1.807) is 0 Å². The highest BCUT2D eigenvalue weighted by molar-refractivity contribution is 4.71. The van der Waals surface area contributed by atoms with Crippen molar-refractivity contribution in [2.75, 3.05) is 13.2 Å². The first kappa shape index (κ1) is 11.9. The molecule has 1 unspecified atom stereocenters. The van der Waals surface area contributed by atoms with E-state index in [9.17, 15) is 5.11 Å². The summed E-state index contributed by atoms with van der Waals surface area (Å²) < 4.78 is 5.29. The lowest BCUT2D eigenvalue weighted by Crippen LogP contribution is -2.27. The van der Waals surface area contributed by atoms with Gasteiger partial charge in [-0.3, -0.25) is 0 Å². The first-order valence-electron chi connectivity index (χ1n) is 4.74. The maximum atomic E-state index is 9.61. The first-order chi connectivity index (χ1) is 5.48. The van der Waals surface area contributed by atoms with Gasteiger partial charge in [-0.05, 0) is 18.3 Å². The molecule has 0 aromatic heterocycles. The van der Waals surface area contributed by atoms with Crippen molar-refractivity contribution in [1.29, 1.82) is 0 Å². The van der Waals surface area contributed by atoms with Gasteiger partial charge in [0, 0.05) is 13.2 Å². The Hall–Kier alpha value is -0.0800. The topological polar surface area (TPSA) is 29.5 Å². The minimum Gasteiger partial charge on any atom is -0.392 e. The smallest absolute Gasteiger partial charge is 0.0610 e. The van der Waals surface area contributed by atoms with Crippen molar-refractivity contribution in [3.05, 3.63) is 0 Å². The zero-order valence-electron chi connectivity index (χ0n) is 8.76. The van der Waals surface area contributed by atoms with Crippen LogP contribution in [0.2, 0.25) is 0 Å². The Morgan fingerprint density at radius 3 is 2.25 bits per heavy atom.